The molecule has 2 unspecified atom stereocenters. The molecule has 1 amide bonds. The van der Waals surface area contributed by atoms with E-state index in [9.17, 15) is 14.7 Å². The third kappa shape index (κ3) is 3.47. The number of amides is 1. The lowest BCUT2D eigenvalue weighted by molar-refractivity contribution is -0.123. The van der Waals surface area contributed by atoms with Gasteiger partial charge in [-0.2, -0.15) is 0 Å². The van der Waals surface area contributed by atoms with Gasteiger partial charge < -0.3 is 19.7 Å². The fourth-order valence-electron chi connectivity index (χ4n) is 2.09. The summed E-state index contributed by atoms with van der Waals surface area (Å²) in [7, 11) is 0. The zero-order valence-corrected chi connectivity index (χ0v) is 12.7. The van der Waals surface area contributed by atoms with E-state index < -0.39 is 5.60 Å². The SMILES string of the molecule is CC1OCCC1(O)CNC(=O)Cn1cc(Br)ccc1=O. The summed E-state index contributed by atoms with van der Waals surface area (Å²) in [5.41, 5.74) is -1.28. The number of carbonyl (C=O) groups excluding carboxylic acids is 1. The Bertz CT molecular complexity index is 560. The van der Waals surface area contributed by atoms with Crippen LogP contribution in [-0.4, -0.2) is 40.4 Å². The number of rotatable bonds is 4. The third-order valence-corrected chi connectivity index (χ3v) is 3.98. The molecule has 2 heterocycles. The number of carbonyl (C=O) groups is 1. The Hall–Kier alpha value is -1.18. The van der Waals surface area contributed by atoms with Crippen molar-refractivity contribution in [3.8, 4) is 0 Å². The van der Waals surface area contributed by atoms with Gasteiger partial charge in [0.05, 0.1) is 6.10 Å². The number of aliphatic hydroxyl groups is 1. The number of pyridine rings is 1. The van der Waals surface area contributed by atoms with Gasteiger partial charge in [0.2, 0.25) is 5.91 Å². The lowest BCUT2D eigenvalue weighted by Gasteiger charge is -2.26. The molecule has 20 heavy (non-hydrogen) atoms. The summed E-state index contributed by atoms with van der Waals surface area (Å²) in [5.74, 6) is -0.322. The highest BCUT2D eigenvalue weighted by Crippen LogP contribution is 2.24. The van der Waals surface area contributed by atoms with Crippen LogP contribution in [0.1, 0.15) is 13.3 Å². The highest BCUT2D eigenvalue weighted by Gasteiger charge is 2.39. The van der Waals surface area contributed by atoms with Gasteiger partial charge in [-0.3, -0.25) is 9.59 Å². The molecule has 1 aromatic rings. The van der Waals surface area contributed by atoms with E-state index in [1.54, 1.807) is 19.2 Å². The van der Waals surface area contributed by atoms with E-state index in [0.717, 1.165) is 4.47 Å². The van der Waals surface area contributed by atoms with Crippen molar-refractivity contribution in [1.29, 1.82) is 0 Å². The summed E-state index contributed by atoms with van der Waals surface area (Å²) in [6.07, 6.45) is 1.74. The second-order valence-electron chi connectivity index (χ2n) is 4.96. The van der Waals surface area contributed by atoms with Gasteiger partial charge in [0.15, 0.2) is 0 Å². The van der Waals surface area contributed by atoms with E-state index in [1.165, 1.54) is 10.6 Å². The molecule has 0 bridgehead atoms. The number of aromatic nitrogens is 1. The Morgan fingerprint density at radius 1 is 1.65 bits per heavy atom. The van der Waals surface area contributed by atoms with Crippen LogP contribution in [0.25, 0.3) is 0 Å². The van der Waals surface area contributed by atoms with Gasteiger partial charge in [0, 0.05) is 36.3 Å². The van der Waals surface area contributed by atoms with Gasteiger partial charge in [0.1, 0.15) is 12.1 Å². The molecule has 0 aliphatic carbocycles. The molecule has 110 valence electrons. The highest BCUT2D eigenvalue weighted by atomic mass is 79.9. The third-order valence-electron chi connectivity index (χ3n) is 3.51. The average molecular weight is 345 g/mol. The second kappa shape index (κ2) is 6.07. The summed E-state index contributed by atoms with van der Waals surface area (Å²) < 4.78 is 7.32. The molecule has 0 aromatic carbocycles. The zero-order valence-electron chi connectivity index (χ0n) is 11.1. The van der Waals surface area contributed by atoms with E-state index in [0.29, 0.717) is 13.0 Å². The molecule has 2 atom stereocenters. The molecular formula is C13H17BrN2O4. The molecule has 1 aliphatic rings. The van der Waals surface area contributed by atoms with Crippen LogP contribution in [0.5, 0.6) is 0 Å². The maximum atomic E-state index is 11.8. The van der Waals surface area contributed by atoms with Crippen molar-refractivity contribution < 1.29 is 14.6 Å². The number of nitrogens with zero attached hydrogens (tertiary/aromatic N) is 1. The molecule has 2 rings (SSSR count). The first-order valence-electron chi connectivity index (χ1n) is 6.37. The Labute approximate surface area is 124 Å². The van der Waals surface area contributed by atoms with Gasteiger partial charge in [-0.05, 0) is 28.9 Å². The molecule has 1 saturated heterocycles. The Balaban J connectivity index is 1.93. The molecule has 7 heteroatoms. The van der Waals surface area contributed by atoms with Gasteiger partial charge in [0.25, 0.3) is 5.56 Å². The van der Waals surface area contributed by atoms with Crippen molar-refractivity contribution in [2.75, 3.05) is 13.2 Å². The van der Waals surface area contributed by atoms with Crippen LogP contribution in [0.4, 0.5) is 0 Å². The van der Waals surface area contributed by atoms with Crippen molar-refractivity contribution in [1.82, 2.24) is 9.88 Å². The normalized spacial score (nSPS) is 25.6. The van der Waals surface area contributed by atoms with Crippen LogP contribution in [0.2, 0.25) is 0 Å². The van der Waals surface area contributed by atoms with Crippen molar-refractivity contribution in [3.63, 3.8) is 0 Å². The molecule has 1 aliphatic heterocycles. The van der Waals surface area contributed by atoms with Crippen molar-refractivity contribution in [3.05, 3.63) is 33.2 Å². The van der Waals surface area contributed by atoms with Crippen LogP contribution in [0, 0.1) is 0 Å². The number of hydrogen-bond donors (Lipinski definition) is 2. The molecule has 2 N–H and O–H groups in total. The lowest BCUT2D eigenvalue weighted by Crippen LogP contribution is -2.48. The predicted octanol–water partition coefficient (Wildman–Crippen LogP) is 0.267. The van der Waals surface area contributed by atoms with E-state index in [4.69, 9.17) is 4.74 Å². The second-order valence-corrected chi connectivity index (χ2v) is 5.87. The summed E-state index contributed by atoms with van der Waals surface area (Å²) in [4.78, 5) is 23.4. The predicted molar refractivity (Wildman–Crippen MR) is 76.4 cm³/mol. The maximum absolute atomic E-state index is 11.8. The highest BCUT2D eigenvalue weighted by molar-refractivity contribution is 9.10. The van der Waals surface area contributed by atoms with Gasteiger partial charge in [-0.1, -0.05) is 0 Å². The van der Waals surface area contributed by atoms with Crippen molar-refractivity contribution in [2.45, 2.75) is 31.6 Å². The number of nitrogens with one attached hydrogen (secondary N) is 1. The fraction of sp³-hybridized carbons (Fsp3) is 0.538. The minimum Gasteiger partial charge on any atom is -0.385 e. The van der Waals surface area contributed by atoms with E-state index in [-0.39, 0.29) is 30.7 Å². The average Bonchev–Trinajstić information content (AvgIpc) is 2.72. The Morgan fingerprint density at radius 3 is 3.05 bits per heavy atom. The first-order chi connectivity index (χ1) is 9.40. The van der Waals surface area contributed by atoms with Gasteiger partial charge >= 0.3 is 0 Å². The topological polar surface area (TPSA) is 80.6 Å². The van der Waals surface area contributed by atoms with Gasteiger partial charge in [-0.15, -0.1) is 0 Å². The Kier molecular flexibility index (Phi) is 4.62. The quantitative estimate of drug-likeness (QED) is 0.821. The van der Waals surface area contributed by atoms with E-state index in [2.05, 4.69) is 21.2 Å². The zero-order chi connectivity index (χ0) is 14.8. The number of ether oxygens (including phenoxy) is 1. The standard InChI is InChI=1S/C13H17BrN2O4/c1-9-13(19,4-5-20-9)8-15-11(17)7-16-6-10(14)2-3-12(16)18/h2-3,6,9,19H,4-5,7-8H2,1H3,(H,15,17). The van der Waals surface area contributed by atoms with Crippen LogP contribution in [0.3, 0.4) is 0 Å². The molecule has 1 fully saturated rings. The number of halogens is 1. The number of hydrogen-bond acceptors (Lipinski definition) is 4. The molecule has 0 spiro atoms. The first-order valence-corrected chi connectivity index (χ1v) is 7.17. The first kappa shape index (κ1) is 15.2. The summed E-state index contributed by atoms with van der Waals surface area (Å²) in [6.45, 7) is 2.30. The van der Waals surface area contributed by atoms with Crippen molar-refractivity contribution in [2.24, 2.45) is 0 Å². The van der Waals surface area contributed by atoms with Gasteiger partial charge in [-0.25, -0.2) is 0 Å². The molecule has 0 radical (unpaired) electrons. The van der Waals surface area contributed by atoms with Crippen LogP contribution in [-0.2, 0) is 16.1 Å². The van der Waals surface area contributed by atoms with E-state index in [1.807, 2.05) is 0 Å². The summed E-state index contributed by atoms with van der Waals surface area (Å²) in [5, 5.41) is 12.9. The van der Waals surface area contributed by atoms with Crippen LogP contribution >= 0.6 is 15.9 Å². The van der Waals surface area contributed by atoms with Crippen LogP contribution in [0.15, 0.2) is 27.6 Å². The monoisotopic (exact) mass is 344 g/mol. The molecular weight excluding hydrogens is 328 g/mol. The van der Waals surface area contributed by atoms with Crippen molar-refractivity contribution >= 4 is 21.8 Å². The van der Waals surface area contributed by atoms with Crippen LogP contribution < -0.4 is 10.9 Å². The lowest BCUT2D eigenvalue weighted by atomic mass is 9.97. The maximum Gasteiger partial charge on any atom is 0.251 e. The molecule has 0 saturated carbocycles. The minimum atomic E-state index is -1.03. The molecule has 6 nitrogen and oxygen atoms in total. The largest absolute Gasteiger partial charge is 0.385 e. The summed E-state index contributed by atoms with van der Waals surface area (Å²) in [6, 6.07) is 3.01. The smallest absolute Gasteiger partial charge is 0.251 e. The Morgan fingerprint density at radius 2 is 2.40 bits per heavy atom. The molecule has 1 aromatic heterocycles. The fourth-order valence-corrected chi connectivity index (χ4v) is 2.47. The summed E-state index contributed by atoms with van der Waals surface area (Å²) >= 11 is 3.25. The van der Waals surface area contributed by atoms with E-state index >= 15 is 0 Å². The minimum absolute atomic E-state index is 0.0798.